The van der Waals surface area contributed by atoms with Crippen molar-refractivity contribution in [2.75, 3.05) is 47.5 Å². The van der Waals surface area contributed by atoms with Gasteiger partial charge in [0, 0.05) is 12.8 Å². The van der Waals surface area contributed by atoms with E-state index in [0.717, 1.165) is 83.5 Å². The summed E-state index contributed by atoms with van der Waals surface area (Å²) >= 11 is 0. The Labute approximate surface area is 335 Å². The predicted octanol–water partition coefficient (Wildman–Crippen LogP) is 9.66. The minimum Gasteiger partial charge on any atom is -0.545 e. The number of carboxylic acid groups (broad SMARTS) is 1. The third kappa shape index (κ3) is 39.0. The van der Waals surface area contributed by atoms with Crippen LogP contribution in [-0.2, 0) is 33.3 Å². The fourth-order valence-corrected chi connectivity index (χ4v) is 5.44. The zero-order chi connectivity index (χ0) is 40.7. The van der Waals surface area contributed by atoms with Crippen LogP contribution in [0.25, 0.3) is 0 Å². The second-order valence-electron chi connectivity index (χ2n) is 15.3. The van der Waals surface area contributed by atoms with Gasteiger partial charge >= 0.3 is 11.9 Å². The first kappa shape index (κ1) is 52.0. The van der Waals surface area contributed by atoms with E-state index in [1.807, 2.05) is 21.1 Å². The SMILES string of the molecule is CC/C=C\C/C=C\C/C=C\C/C=C\C/C=C\CCCCCCCC(=O)OC(COC(=O)CCCCCCCCCCC)COC(OCC[N+](C)(C)C)C(=O)[O-]. The molecule has 55 heavy (non-hydrogen) atoms. The average molecular weight is 774 g/mol. The van der Waals surface area contributed by atoms with E-state index in [4.69, 9.17) is 18.9 Å². The highest BCUT2D eigenvalue weighted by atomic mass is 16.7. The van der Waals surface area contributed by atoms with Gasteiger partial charge in [-0.25, -0.2) is 0 Å². The number of carboxylic acids is 1. The summed E-state index contributed by atoms with van der Waals surface area (Å²) in [6.07, 6.45) is 41.1. The summed E-state index contributed by atoms with van der Waals surface area (Å²) in [5.41, 5.74) is 0. The highest BCUT2D eigenvalue weighted by molar-refractivity contribution is 5.70. The Morgan fingerprint density at radius 2 is 1.04 bits per heavy atom. The van der Waals surface area contributed by atoms with Gasteiger partial charge in [0.2, 0.25) is 0 Å². The predicted molar refractivity (Wildman–Crippen MR) is 223 cm³/mol. The number of hydrogen-bond donors (Lipinski definition) is 0. The molecule has 0 rings (SSSR count). The molecule has 9 heteroatoms. The molecule has 0 amide bonds. The van der Waals surface area contributed by atoms with Crippen molar-refractivity contribution in [3.63, 3.8) is 0 Å². The number of quaternary nitrogens is 1. The molecule has 0 aliphatic carbocycles. The minimum absolute atomic E-state index is 0.142. The Morgan fingerprint density at radius 1 is 0.564 bits per heavy atom. The van der Waals surface area contributed by atoms with E-state index in [-0.39, 0.29) is 38.6 Å². The quantitative estimate of drug-likeness (QED) is 0.0201. The van der Waals surface area contributed by atoms with Crippen LogP contribution < -0.4 is 5.11 Å². The fourth-order valence-electron chi connectivity index (χ4n) is 5.44. The van der Waals surface area contributed by atoms with Crippen LogP contribution in [0.3, 0.4) is 0 Å². The van der Waals surface area contributed by atoms with Crippen LogP contribution in [-0.4, -0.2) is 82.3 Å². The van der Waals surface area contributed by atoms with Crippen molar-refractivity contribution in [1.29, 1.82) is 0 Å². The normalized spacial score (nSPS) is 13.5. The molecule has 0 N–H and O–H groups in total. The number of rotatable bonds is 38. The van der Waals surface area contributed by atoms with Crippen molar-refractivity contribution in [2.24, 2.45) is 0 Å². The summed E-state index contributed by atoms with van der Waals surface area (Å²) in [5.74, 6) is -2.32. The van der Waals surface area contributed by atoms with Crippen molar-refractivity contribution in [3.8, 4) is 0 Å². The van der Waals surface area contributed by atoms with E-state index in [9.17, 15) is 19.5 Å². The van der Waals surface area contributed by atoms with Gasteiger partial charge in [-0.3, -0.25) is 9.59 Å². The Hall–Kier alpha value is -3.01. The molecule has 0 aliphatic heterocycles. The zero-order valence-corrected chi connectivity index (χ0v) is 35.5. The van der Waals surface area contributed by atoms with Crippen LogP contribution in [0.5, 0.6) is 0 Å². The molecule has 0 fully saturated rings. The number of carbonyl (C=O) groups is 3. The fraction of sp³-hybridized carbons (Fsp3) is 0.717. The highest BCUT2D eigenvalue weighted by Gasteiger charge is 2.21. The van der Waals surface area contributed by atoms with E-state index in [1.54, 1.807) is 0 Å². The average Bonchev–Trinajstić information content (AvgIpc) is 3.14. The molecule has 0 saturated carbocycles. The first-order chi connectivity index (χ1) is 26.6. The lowest BCUT2D eigenvalue weighted by atomic mass is 10.1. The van der Waals surface area contributed by atoms with Crippen LogP contribution in [0.15, 0.2) is 60.8 Å². The van der Waals surface area contributed by atoms with Crippen LogP contribution in [0, 0.1) is 0 Å². The van der Waals surface area contributed by atoms with Crippen molar-refractivity contribution in [3.05, 3.63) is 60.8 Å². The van der Waals surface area contributed by atoms with Crippen molar-refractivity contribution < 1.29 is 42.9 Å². The molecule has 9 nitrogen and oxygen atoms in total. The molecule has 0 aliphatic rings. The van der Waals surface area contributed by atoms with Crippen LogP contribution in [0.1, 0.15) is 155 Å². The van der Waals surface area contributed by atoms with Gasteiger partial charge in [0.05, 0.1) is 40.3 Å². The van der Waals surface area contributed by atoms with Gasteiger partial charge in [-0.05, 0) is 57.8 Å². The zero-order valence-electron chi connectivity index (χ0n) is 35.5. The molecule has 0 aromatic heterocycles. The molecule has 0 saturated heterocycles. The third-order valence-electron chi connectivity index (χ3n) is 8.78. The highest BCUT2D eigenvalue weighted by Crippen LogP contribution is 2.13. The number of likely N-dealkylation sites (N-methyl/N-ethyl adjacent to an activating group) is 1. The summed E-state index contributed by atoms with van der Waals surface area (Å²) in [6, 6.07) is 0. The number of hydrogen-bond acceptors (Lipinski definition) is 8. The van der Waals surface area contributed by atoms with Crippen molar-refractivity contribution in [2.45, 2.75) is 167 Å². The van der Waals surface area contributed by atoms with E-state index in [1.165, 1.54) is 38.5 Å². The number of carbonyl (C=O) groups excluding carboxylic acids is 3. The summed E-state index contributed by atoms with van der Waals surface area (Å²) in [7, 11) is 5.89. The van der Waals surface area contributed by atoms with E-state index >= 15 is 0 Å². The second-order valence-corrected chi connectivity index (χ2v) is 15.3. The lowest BCUT2D eigenvalue weighted by Crippen LogP contribution is -2.44. The lowest BCUT2D eigenvalue weighted by Gasteiger charge is -2.26. The van der Waals surface area contributed by atoms with E-state index in [0.29, 0.717) is 17.4 Å². The molecule has 2 atom stereocenters. The molecular formula is C46H79NO8. The number of allylic oxidation sites excluding steroid dienone is 10. The number of esters is 2. The number of unbranched alkanes of at least 4 members (excludes halogenated alkanes) is 13. The maximum absolute atomic E-state index is 12.7. The Bertz CT molecular complexity index is 1090. The second kappa shape index (κ2) is 37.9. The summed E-state index contributed by atoms with van der Waals surface area (Å²) < 4.78 is 22.4. The van der Waals surface area contributed by atoms with Gasteiger partial charge in [-0.2, -0.15) is 0 Å². The monoisotopic (exact) mass is 774 g/mol. The standard InChI is InChI=1S/C46H79NO8/c1-6-8-10-12-14-16-17-18-19-20-21-22-23-24-25-26-27-29-31-33-35-37-44(49)55-42(41-54-46(45(50)51)52-39-38-47(3,4)5)40-53-43(48)36-34-32-30-28-15-13-11-9-7-2/h8,10,14,16,18-19,21-22,24-25,42,46H,6-7,9,11-13,15,17,20,23,26-41H2,1-5H3/b10-8-,16-14-,19-18-,22-21-,25-24-. The molecule has 0 spiro atoms. The summed E-state index contributed by atoms with van der Waals surface area (Å²) in [4.78, 5) is 36.8. The minimum atomic E-state index is -1.62. The van der Waals surface area contributed by atoms with Crippen LogP contribution in [0.4, 0.5) is 0 Å². The molecule has 0 radical (unpaired) electrons. The molecular weight excluding hydrogens is 695 g/mol. The molecule has 0 aromatic carbocycles. The van der Waals surface area contributed by atoms with Crippen molar-refractivity contribution >= 4 is 17.9 Å². The van der Waals surface area contributed by atoms with Crippen LogP contribution >= 0.6 is 0 Å². The molecule has 0 bridgehead atoms. The molecule has 316 valence electrons. The van der Waals surface area contributed by atoms with Crippen molar-refractivity contribution in [1.82, 2.24) is 0 Å². The van der Waals surface area contributed by atoms with E-state index in [2.05, 4.69) is 74.6 Å². The van der Waals surface area contributed by atoms with Gasteiger partial charge in [0.25, 0.3) is 0 Å². The summed E-state index contributed by atoms with van der Waals surface area (Å²) in [6.45, 7) is 4.55. The first-order valence-corrected chi connectivity index (χ1v) is 21.4. The largest absolute Gasteiger partial charge is 0.545 e. The molecule has 0 aromatic rings. The number of aliphatic carboxylic acids is 1. The number of ether oxygens (including phenoxy) is 4. The topological polar surface area (TPSA) is 111 Å². The lowest BCUT2D eigenvalue weighted by molar-refractivity contribution is -0.870. The van der Waals surface area contributed by atoms with Gasteiger partial charge in [-0.15, -0.1) is 0 Å². The molecule has 2 unspecified atom stereocenters. The Balaban J connectivity index is 4.45. The van der Waals surface area contributed by atoms with E-state index < -0.39 is 24.3 Å². The summed E-state index contributed by atoms with van der Waals surface area (Å²) in [5, 5.41) is 11.7. The smallest absolute Gasteiger partial charge is 0.306 e. The Morgan fingerprint density at radius 3 is 1.55 bits per heavy atom. The maximum Gasteiger partial charge on any atom is 0.306 e. The van der Waals surface area contributed by atoms with Gasteiger partial charge in [-0.1, -0.05) is 145 Å². The van der Waals surface area contributed by atoms with Gasteiger partial charge in [0.1, 0.15) is 13.2 Å². The number of nitrogens with zero attached hydrogens (tertiary/aromatic N) is 1. The first-order valence-electron chi connectivity index (χ1n) is 21.4. The third-order valence-corrected chi connectivity index (χ3v) is 8.78. The Kier molecular flexibility index (Phi) is 35.8. The maximum atomic E-state index is 12.7. The molecule has 0 heterocycles. The van der Waals surface area contributed by atoms with Crippen LogP contribution in [0.2, 0.25) is 0 Å². The van der Waals surface area contributed by atoms with Gasteiger partial charge in [0.15, 0.2) is 12.4 Å². The van der Waals surface area contributed by atoms with Gasteiger partial charge < -0.3 is 33.3 Å².